The van der Waals surface area contributed by atoms with E-state index in [9.17, 15) is 23.5 Å². The van der Waals surface area contributed by atoms with Crippen molar-refractivity contribution in [2.75, 3.05) is 30.3 Å². The molecule has 2 aromatic carbocycles. The predicted molar refractivity (Wildman–Crippen MR) is 141 cm³/mol. The van der Waals surface area contributed by atoms with Crippen LogP contribution in [0.4, 0.5) is 5.69 Å². The van der Waals surface area contributed by atoms with Crippen LogP contribution in [0.15, 0.2) is 53.4 Å². The number of rotatable bonds is 5. The smallest absolute Gasteiger partial charge is 0.251 e. The molecule has 1 saturated heterocycles. The van der Waals surface area contributed by atoms with E-state index in [0.717, 1.165) is 11.3 Å². The maximum Gasteiger partial charge on any atom is 0.251 e. The minimum Gasteiger partial charge on any atom is -0.364 e. The number of anilines is 1. The van der Waals surface area contributed by atoms with Crippen molar-refractivity contribution in [2.24, 2.45) is 11.3 Å². The largest absolute Gasteiger partial charge is 0.364 e. The van der Waals surface area contributed by atoms with Gasteiger partial charge in [-0.25, -0.2) is 5.48 Å². The molecule has 37 heavy (non-hydrogen) atoms. The second kappa shape index (κ2) is 10.3. The molecule has 0 radical (unpaired) electrons. The Morgan fingerprint density at radius 2 is 1.70 bits per heavy atom. The molecule has 4 rings (SSSR count). The van der Waals surface area contributed by atoms with E-state index in [1.165, 1.54) is 0 Å². The summed E-state index contributed by atoms with van der Waals surface area (Å²) in [5.41, 5.74) is 3.15. The number of benzene rings is 2. The molecule has 2 aliphatic rings. The normalized spacial score (nSPS) is 21.7. The van der Waals surface area contributed by atoms with Crippen LogP contribution in [0.3, 0.4) is 0 Å². The maximum atomic E-state index is 13.0. The van der Waals surface area contributed by atoms with Crippen molar-refractivity contribution in [2.45, 2.75) is 38.3 Å². The zero-order chi connectivity index (χ0) is 27.0. The molecular formula is C26H34N4O6S. The third-order valence-electron chi connectivity index (χ3n) is 6.81. The van der Waals surface area contributed by atoms with Gasteiger partial charge in [0.25, 0.3) is 5.91 Å². The zero-order valence-corrected chi connectivity index (χ0v) is 22.0. The van der Waals surface area contributed by atoms with Gasteiger partial charge in [0.05, 0.1) is 28.3 Å². The molecule has 0 bridgehead atoms. The van der Waals surface area contributed by atoms with Gasteiger partial charge >= 0.3 is 0 Å². The van der Waals surface area contributed by atoms with Gasteiger partial charge in [-0.1, -0.05) is 45.0 Å². The second-order valence-electron chi connectivity index (χ2n) is 10.6. The summed E-state index contributed by atoms with van der Waals surface area (Å²) in [6.45, 7) is 6.69. The first-order valence-electron chi connectivity index (χ1n) is 12.1. The summed E-state index contributed by atoms with van der Waals surface area (Å²) in [5, 5.41) is 12.0. The third kappa shape index (κ3) is 5.74. The van der Waals surface area contributed by atoms with Crippen LogP contribution in [0.1, 0.15) is 36.7 Å². The predicted octanol–water partition coefficient (Wildman–Crippen LogP) is 2.92. The number of fused-ring (bicyclic) bond motifs is 1. The van der Waals surface area contributed by atoms with Crippen LogP contribution in [0.5, 0.6) is 0 Å². The Bertz CT molecular complexity index is 1180. The summed E-state index contributed by atoms with van der Waals surface area (Å²) in [7, 11) is -2.79. The summed E-state index contributed by atoms with van der Waals surface area (Å²) >= 11 is 0. The third-order valence-corrected chi connectivity index (χ3v) is 8.61. The van der Waals surface area contributed by atoms with E-state index in [2.05, 4.69) is 10.2 Å². The number of amides is 3. The van der Waals surface area contributed by atoms with E-state index in [4.69, 9.17) is 5.21 Å². The van der Waals surface area contributed by atoms with Crippen molar-refractivity contribution in [1.29, 1.82) is 0 Å². The van der Waals surface area contributed by atoms with Crippen molar-refractivity contribution >= 4 is 34.0 Å². The lowest BCUT2D eigenvalue weighted by atomic mass is 9.95. The van der Waals surface area contributed by atoms with E-state index in [0.29, 0.717) is 23.5 Å². The average Bonchev–Trinajstić information content (AvgIpc) is 3.28. The lowest BCUT2D eigenvalue weighted by Gasteiger charge is -2.43. The van der Waals surface area contributed by atoms with Gasteiger partial charge in [0, 0.05) is 37.2 Å². The lowest BCUT2D eigenvalue weighted by Crippen LogP contribution is -2.45. The summed E-state index contributed by atoms with van der Waals surface area (Å²) in [4.78, 5) is 42.1. The quantitative estimate of drug-likeness (QED) is 0.296. The fraction of sp³-hybridized carbons (Fsp3) is 0.423. The number of carbonyl (C=O) groups excluding carboxylic acids is 3. The highest BCUT2D eigenvalue weighted by Crippen LogP contribution is 2.55. The number of hydrogen-bond donors (Lipinski definition) is 5. The Balaban J connectivity index is 1.44. The maximum absolute atomic E-state index is 13.0. The van der Waals surface area contributed by atoms with Crippen molar-refractivity contribution in [3.63, 3.8) is 0 Å². The summed E-state index contributed by atoms with van der Waals surface area (Å²) in [6.07, 6.45) is 0. The first kappa shape index (κ1) is 26.9. The van der Waals surface area contributed by atoms with Crippen molar-refractivity contribution in [3.8, 4) is 0 Å². The van der Waals surface area contributed by atoms with Crippen molar-refractivity contribution in [3.05, 3.63) is 59.7 Å². The first-order valence-corrected chi connectivity index (χ1v) is 13.9. The number of carbonyl (C=O) groups is 3. The van der Waals surface area contributed by atoms with Crippen LogP contribution in [-0.4, -0.2) is 68.4 Å². The van der Waals surface area contributed by atoms with E-state index in [1.54, 1.807) is 55.4 Å². The first-order chi connectivity index (χ1) is 17.4. The summed E-state index contributed by atoms with van der Waals surface area (Å²) < 4.78 is 20.8. The molecule has 2 heterocycles. The Kier molecular flexibility index (Phi) is 7.52. The van der Waals surface area contributed by atoms with Gasteiger partial charge in [0.1, 0.15) is 0 Å². The van der Waals surface area contributed by atoms with Crippen LogP contribution in [0.2, 0.25) is 0 Å². The van der Waals surface area contributed by atoms with Crippen molar-refractivity contribution in [1.82, 2.24) is 15.7 Å². The van der Waals surface area contributed by atoms with Crippen molar-refractivity contribution < 1.29 is 28.7 Å². The standard InChI is InChI=1S/C26H34N4O6S/c1-26(2,3)25(33)30-15-19(24(32)28-34)20(16-30)27-23(31)18-10-8-17(9-11-18)14-29-12-13-37(35,36)22-7-5-4-6-21(22)29/h4-11,19-20,34-36H,12-16H2,1-3H3,(H,27,31)(H,28,32)/t19-,20+/m0/s1. The molecule has 200 valence electrons. The van der Waals surface area contributed by atoms with Gasteiger partial charge in [-0.3, -0.25) is 28.7 Å². The molecule has 0 spiro atoms. The van der Waals surface area contributed by atoms with Crippen LogP contribution in [0, 0.1) is 11.3 Å². The molecule has 2 aromatic rings. The minimum atomic E-state index is -2.79. The molecule has 0 saturated carbocycles. The Morgan fingerprint density at radius 1 is 1.03 bits per heavy atom. The number of hydrogen-bond acceptors (Lipinski definition) is 7. The van der Waals surface area contributed by atoms with Gasteiger partial charge in [-0.2, -0.15) is 10.6 Å². The van der Waals surface area contributed by atoms with Gasteiger partial charge in [0.2, 0.25) is 11.8 Å². The van der Waals surface area contributed by atoms with E-state index in [-0.39, 0.29) is 30.7 Å². The van der Waals surface area contributed by atoms with Crippen LogP contribution >= 0.6 is 10.6 Å². The number of likely N-dealkylation sites (tertiary alicyclic amines) is 1. The molecule has 0 aromatic heterocycles. The molecule has 0 aliphatic carbocycles. The highest BCUT2D eigenvalue weighted by atomic mass is 32.3. The van der Waals surface area contributed by atoms with Gasteiger partial charge in [0.15, 0.2) is 0 Å². The average molecular weight is 531 g/mol. The molecule has 0 unspecified atom stereocenters. The fourth-order valence-corrected chi connectivity index (χ4v) is 6.32. The highest BCUT2D eigenvalue weighted by Gasteiger charge is 2.42. The Morgan fingerprint density at radius 3 is 2.35 bits per heavy atom. The van der Waals surface area contributed by atoms with E-state index < -0.39 is 33.9 Å². The fourth-order valence-electron chi connectivity index (χ4n) is 4.80. The monoisotopic (exact) mass is 530 g/mol. The molecule has 2 atom stereocenters. The second-order valence-corrected chi connectivity index (χ2v) is 12.8. The van der Waals surface area contributed by atoms with Gasteiger partial charge in [-0.15, -0.1) is 0 Å². The topological polar surface area (TPSA) is 142 Å². The molecule has 5 N–H and O–H groups in total. The molecule has 11 heteroatoms. The number of nitrogens with zero attached hydrogens (tertiary/aromatic N) is 2. The SMILES string of the molecule is CC(C)(C)C(=O)N1C[C@H](C(=O)NO)[C@H](NC(=O)c2ccc(CN3CCS(O)(O)c4ccccc43)cc2)C1. The zero-order valence-electron chi connectivity index (χ0n) is 21.2. The molecular weight excluding hydrogens is 496 g/mol. The van der Waals surface area contributed by atoms with E-state index >= 15 is 0 Å². The number of para-hydroxylation sites is 1. The molecule has 3 amide bonds. The molecule has 10 nitrogen and oxygen atoms in total. The van der Waals surface area contributed by atoms with Crippen LogP contribution < -0.4 is 15.7 Å². The van der Waals surface area contributed by atoms with Gasteiger partial charge < -0.3 is 15.1 Å². The lowest BCUT2D eigenvalue weighted by molar-refractivity contribution is -0.139. The Labute approximate surface area is 218 Å². The van der Waals surface area contributed by atoms with Gasteiger partial charge in [-0.05, 0) is 29.8 Å². The summed E-state index contributed by atoms with van der Waals surface area (Å²) in [5.74, 6) is -1.67. The highest BCUT2D eigenvalue weighted by molar-refractivity contribution is 8.24. The number of hydroxylamine groups is 1. The minimum absolute atomic E-state index is 0.106. The Hall–Kier alpha value is -3.12. The van der Waals surface area contributed by atoms with Crippen LogP contribution in [0.25, 0.3) is 0 Å². The molecule has 1 fully saturated rings. The summed E-state index contributed by atoms with van der Waals surface area (Å²) in [6, 6.07) is 13.7. The van der Waals surface area contributed by atoms with E-state index in [1.807, 2.05) is 24.3 Å². The number of nitrogens with one attached hydrogen (secondary N) is 2. The molecule has 2 aliphatic heterocycles. The van der Waals surface area contributed by atoms with Crippen LogP contribution in [-0.2, 0) is 16.1 Å².